The predicted octanol–water partition coefficient (Wildman–Crippen LogP) is 3.51. The molecule has 0 aliphatic heterocycles. The van der Waals surface area contributed by atoms with Gasteiger partial charge in [0.15, 0.2) is 5.96 Å². The minimum absolute atomic E-state index is 0.253. The van der Waals surface area contributed by atoms with E-state index < -0.39 is 0 Å². The van der Waals surface area contributed by atoms with Crippen LogP contribution in [-0.4, -0.2) is 37.9 Å². The average Bonchev–Trinajstić information content (AvgIpc) is 2.98. The van der Waals surface area contributed by atoms with Crippen molar-refractivity contribution in [2.45, 2.75) is 47.0 Å². The Labute approximate surface area is 162 Å². The molecule has 0 spiro atoms. The minimum atomic E-state index is 0.253. The fraction of sp³-hybridized carbons (Fsp3) is 0.524. The normalized spacial score (nSPS) is 12.7. The number of guanidine groups is 1. The molecule has 0 fully saturated rings. The SMILES string of the molecule is CCNC(=NCC(C)c1c(C)noc1C)NCCc1cc(C)ccc1OC. The minimum Gasteiger partial charge on any atom is -0.496 e. The number of methoxy groups -OCH3 is 1. The molecule has 2 rings (SSSR count). The van der Waals surface area contributed by atoms with E-state index in [2.05, 4.69) is 48.7 Å². The lowest BCUT2D eigenvalue weighted by atomic mass is 10.00. The van der Waals surface area contributed by atoms with E-state index in [9.17, 15) is 0 Å². The summed E-state index contributed by atoms with van der Waals surface area (Å²) in [7, 11) is 1.71. The van der Waals surface area contributed by atoms with Gasteiger partial charge in [-0.1, -0.05) is 29.8 Å². The number of aryl methyl sites for hydroxylation is 3. The van der Waals surface area contributed by atoms with Gasteiger partial charge in [-0.25, -0.2) is 0 Å². The third-order valence-corrected chi connectivity index (χ3v) is 4.57. The highest BCUT2D eigenvalue weighted by Gasteiger charge is 2.16. The van der Waals surface area contributed by atoms with E-state index in [0.29, 0.717) is 6.54 Å². The second-order valence-corrected chi connectivity index (χ2v) is 6.85. The van der Waals surface area contributed by atoms with Crippen molar-refractivity contribution in [1.82, 2.24) is 15.8 Å². The number of rotatable bonds is 8. The summed E-state index contributed by atoms with van der Waals surface area (Å²) in [5, 5.41) is 10.8. The van der Waals surface area contributed by atoms with Crippen LogP contribution in [0.2, 0.25) is 0 Å². The molecule has 2 aromatic rings. The molecule has 27 heavy (non-hydrogen) atoms. The van der Waals surface area contributed by atoms with Gasteiger partial charge in [-0.3, -0.25) is 4.99 Å². The van der Waals surface area contributed by atoms with Crippen LogP contribution < -0.4 is 15.4 Å². The van der Waals surface area contributed by atoms with Gasteiger partial charge in [0.2, 0.25) is 0 Å². The molecule has 0 radical (unpaired) electrons. The van der Waals surface area contributed by atoms with Crippen molar-refractivity contribution in [2.75, 3.05) is 26.7 Å². The Hall–Kier alpha value is -2.50. The Bertz CT molecular complexity index is 748. The first-order valence-corrected chi connectivity index (χ1v) is 9.54. The molecule has 0 saturated heterocycles. The lowest BCUT2D eigenvalue weighted by Gasteiger charge is -2.14. The number of hydrogen-bond donors (Lipinski definition) is 2. The molecule has 0 aliphatic rings. The van der Waals surface area contributed by atoms with Crippen LogP contribution in [0.3, 0.4) is 0 Å². The van der Waals surface area contributed by atoms with E-state index in [-0.39, 0.29) is 5.92 Å². The van der Waals surface area contributed by atoms with Crippen LogP contribution in [-0.2, 0) is 6.42 Å². The Kier molecular flexibility index (Phi) is 7.70. The Balaban J connectivity index is 1.97. The standard InChI is InChI=1S/C21H32N4O2/c1-7-22-21(24-13-15(3)20-16(4)25-27-17(20)5)23-11-10-18-12-14(2)8-9-19(18)26-6/h8-9,12,15H,7,10-11,13H2,1-6H3,(H2,22,23,24). The second kappa shape index (κ2) is 10.00. The van der Waals surface area contributed by atoms with Gasteiger partial charge < -0.3 is 19.9 Å². The van der Waals surface area contributed by atoms with E-state index in [0.717, 1.165) is 48.2 Å². The molecule has 6 heteroatoms. The summed E-state index contributed by atoms with van der Waals surface area (Å²) in [4.78, 5) is 4.74. The number of aromatic nitrogens is 1. The second-order valence-electron chi connectivity index (χ2n) is 6.85. The first-order valence-electron chi connectivity index (χ1n) is 9.54. The molecule has 1 aromatic carbocycles. The lowest BCUT2D eigenvalue weighted by Crippen LogP contribution is -2.38. The van der Waals surface area contributed by atoms with Gasteiger partial charge >= 0.3 is 0 Å². The molecule has 0 aliphatic carbocycles. The Morgan fingerprint density at radius 3 is 2.67 bits per heavy atom. The van der Waals surface area contributed by atoms with E-state index in [4.69, 9.17) is 14.3 Å². The number of ether oxygens (including phenoxy) is 1. The summed E-state index contributed by atoms with van der Waals surface area (Å²) in [6.07, 6.45) is 0.870. The van der Waals surface area contributed by atoms with Crippen LogP contribution in [0.1, 0.15) is 47.9 Å². The van der Waals surface area contributed by atoms with Crippen molar-refractivity contribution in [3.8, 4) is 5.75 Å². The van der Waals surface area contributed by atoms with Gasteiger partial charge in [-0.2, -0.15) is 0 Å². The van der Waals surface area contributed by atoms with Crippen molar-refractivity contribution in [3.05, 3.63) is 46.3 Å². The van der Waals surface area contributed by atoms with Crippen molar-refractivity contribution in [3.63, 3.8) is 0 Å². The zero-order valence-electron chi connectivity index (χ0n) is 17.3. The summed E-state index contributed by atoms with van der Waals surface area (Å²) in [6.45, 7) is 12.5. The van der Waals surface area contributed by atoms with E-state index in [1.807, 2.05) is 19.9 Å². The molecule has 0 bridgehead atoms. The number of aliphatic imine (C=N–C) groups is 1. The van der Waals surface area contributed by atoms with Gasteiger partial charge in [0.25, 0.3) is 0 Å². The highest BCUT2D eigenvalue weighted by molar-refractivity contribution is 5.79. The molecule has 1 heterocycles. The topological polar surface area (TPSA) is 71.7 Å². The van der Waals surface area contributed by atoms with Crippen LogP contribution in [0.15, 0.2) is 27.7 Å². The number of nitrogens with one attached hydrogen (secondary N) is 2. The smallest absolute Gasteiger partial charge is 0.191 e. The quantitative estimate of drug-likeness (QED) is 0.548. The molecule has 6 nitrogen and oxygen atoms in total. The van der Waals surface area contributed by atoms with Gasteiger partial charge in [-0.05, 0) is 45.7 Å². The molecule has 2 N–H and O–H groups in total. The largest absolute Gasteiger partial charge is 0.496 e. The number of hydrogen-bond acceptors (Lipinski definition) is 4. The molecule has 148 valence electrons. The van der Waals surface area contributed by atoms with Crippen molar-refractivity contribution in [1.29, 1.82) is 0 Å². The summed E-state index contributed by atoms with van der Waals surface area (Å²) in [6, 6.07) is 6.26. The Morgan fingerprint density at radius 2 is 2.04 bits per heavy atom. The van der Waals surface area contributed by atoms with Crippen LogP contribution in [0.5, 0.6) is 5.75 Å². The van der Waals surface area contributed by atoms with E-state index >= 15 is 0 Å². The Morgan fingerprint density at radius 1 is 1.26 bits per heavy atom. The zero-order chi connectivity index (χ0) is 19.8. The van der Waals surface area contributed by atoms with Gasteiger partial charge in [-0.15, -0.1) is 0 Å². The predicted molar refractivity (Wildman–Crippen MR) is 110 cm³/mol. The molecule has 1 aromatic heterocycles. The van der Waals surface area contributed by atoms with Crippen LogP contribution in [0.25, 0.3) is 0 Å². The highest BCUT2D eigenvalue weighted by atomic mass is 16.5. The number of nitrogens with zero attached hydrogens (tertiary/aromatic N) is 2. The van der Waals surface area contributed by atoms with Gasteiger partial charge in [0.05, 0.1) is 12.8 Å². The monoisotopic (exact) mass is 372 g/mol. The molecular weight excluding hydrogens is 340 g/mol. The van der Waals surface area contributed by atoms with Crippen LogP contribution in [0, 0.1) is 20.8 Å². The van der Waals surface area contributed by atoms with Crippen LogP contribution >= 0.6 is 0 Å². The average molecular weight is 373 g/mol. The maximum atomic E-state index is 5.46. The van der Waals surface area contributed by atoms with E-state index in [1.54, 1.807) is 7.11 Å². The highest BCUT2D eigenvalue weighted by Crippen LogP contribution is 2.23. The fourth-order valence-corrected chi connectivity index (χ4v) is 3.27. The van der Waals surface area contributed by atoms with E-state index in [1.165, 1.54) is 11.1 Å². The summed E-state index contributed by atoms with van der Waals surface area (Å²) in [5.74, 6) is 2.88. The first kappa shape index (κ1) is 20.8. The van der Waals surface area contributed by atoms with Crippen LogP contribution in [0.4, 0.5) is 0 Å². The van der Waals surface area contributed by atoms with Gasteiger partial charge in [0, 0.05) is 31.1 Å². The fourth-order valence-electron chi connectivity index (χ4n) is 3.27. The zero-order valence-corrected chi connectivity index (χ0v) is 17.3. The molecule has 1 unspecified atom stereocenters. The van der Waals surface area contributed by atoms with Gasteiger partial charge in [0.1, 0.15) is 11.5 Å². The summed E-state index contributed by atoms with van der Waals surface area (Å²) >= 11 is 0. The molecule has 0 saturated carbocycles. The summed E-state index contributed by atoms with van der Waals surface area (Å²) < 4.78 is 10.7. The van der Waals surface area contributed by atoms with Crippen molar-refractivity contribution < 1.29 is 9.26 Å². The number of benzene rings is 1. The lowest BCUT2D eigenvalue weighted by molar-refractivity contribution is 0.391. The van der Waals surface area contributed by atoms with Crippen molar-refractivity contribution in [2.24, 2.45) is 4.99 Å². The third kappa shape index (κ3) is 5.74. The third-order valence-electron chi connectivity index (χ3n) is 4.57. The molecule has 0 amide bonds. The van der Waals surface area contributed by atoms with Crippen molar-refractivity contribution >= 4 is 5.96 Å². The molecular formula is C21H32N4O2. The maximum Gasteiger partial charge on any atom is 0.191 e. The molecule has 1 atom stereocenters. The summed E-state index contributed by atoms with van der Waals surface area (Å²) in [5.41, 5.74) is 4.53. The maximum absolute atomic E-state index is 5.46. The first-order chi connectivity index (χ1) is 13.0.